The number of hydrogen-bond donors (Lipinski definition) is 2. The van der Waals surface area contributed by atoms with Crippen LogP contribution in [0.25, 0.3) is 0 Å². The van der Waals surface area contributed by atoms with Gasteiger partial charge in [-0.2, -0.15) is 8.78 Å². The van der Waals surface area contributed by atoms with Crippen LogP contribution in [0.1, 0.15) is 43.8 Å². The number of aliphatic imine (C=N–C) groups is 1. The molecule has 0 unspecified atom stereocenters. The van der Waals surface area contributed by atoms with Crippen molar-refractivity contribution in [2.24, 2.45) is 4.99 Å². The lowest BCUT2D eigenvalue weighted by molar-refractivity contribution is 0.0668. The minimum Gasteiger partial charge on any atom is -0.493 e. The minimum atomic E-state index is -2.62. The van der Waals surface area contributed by atoms with Crippen molar-refractivity contribution in [3.8, 4) is 5.75 Å². The fourth-order valence-corrected chi connectivity index (χ4v) is 2.47. The number of ether oxygens (including phenoxy) is 1. The third-order valence-corrected chi connectivity index (χ3v) is 3.81. The van der Waals surface area contributed by atoms with Crippen LogP contribution in [0, 0.1) is 6.92 Å². The van der Waals surface area contributed by atoms with Crippen LogP contribution in [0.5, 0.6) is 5.75 Å². The highest BCUT2D eigenvalue weighted by molar-refractivity contribution is 5.79. The van der Waals surface area contributed by atoms with Gasteiger partial charge in [0.1, 0.15) is 11.6 Å². The number of rotatable bonds is 9. The Morgan fingerprint density at radius 1 is 1.30 bits per heavy atom. The van der Waals surface area contributed by atoms with Crippen molar-refractivity contribution in [3.05, 3.63) is 47.5 Å². The molecule has 2 N–H and O–H groups in total. The Balaban J connectivity index is 2.08. The second kappa shape index (κ2) is 10.5. The Hall–Kier alpha value is -2.64. The molecule has 8 heteroatoms. The third-order valence-electron chi connectivity index (χ3n) is 3.81. The van der Waals surface area contributed by atoms with Crippen molar-refractivity contribution < 1.29 is 13.5 Å². The molecule has 0 aliphatic carbocycles. The molecule has 2 rings (SSSR count). The van der Waals surface area contributed by atoms with E-state index in [0.717, 1.165) is 27.9 Å². The molecule has 0 atom stereocenters. The number of hydrogen-bond acceptors (Lipinski definition) is 3. The van der Waals surface area contributed by atoms with Gasteiger partial charge in [0.05, 0.1) is 19.7 Å². The summed E-state index contributed by atoms with van der Waals surface area (Å²) in [6.45, 7) is 5.27. The zero-order valence-electron chi connectivity index (χ0n) is 16.0. The lowest BCUT2D eigenvalue weighted by Crippen LogP contribution is -2.37. The van der Waals surface area contributed by atoms with E-state index in [1.807, 2.05) is 32.0 Å². The third kappa shape index (κ3) is 6.23. The monoisotopic (exact) mass is 379 g/mol. The van der Waals surface area contributed by atoms with E-state index in [1.54, 1.807) is 0 Å². The lowest BCUT2D eigenvalue weighted by Gasteiger charge is -2.14. The molecular formula is C19H27F2N5O. The molecule has 1 heterocycles. The maximum atomic E-state index is 12.9. The number of aromatic nitrogens is 2. The number of benzene rings is 1. The standard InChI is InChI=1S/C19H27F2N5O/c1-4-10-27-16-11-14(3)6-7-15(16)12-24-19(22-5-2)25-13-17-23-8-9-26(17)18(20)21/h6-9,11,18H,4-5,10,12-13H2,1-3H3,(H2,22,24,25). The predicted octanol–water partition coefficient (Wildman–Crippen LogP) is 3.63. The molecule has 1 aromatic carbocycles. The molecule has 1 aromatic heterocycles. The minimum absolute atomic E-state index is 0.149. The first-order chi connectivity index (χ1) is 13.0. The smallest absolute Gasteiger partial charge is 0.319 e. The molecule has 6 nitrogen and oxygen atoms in total. The number of guanidine groups is 1. The van der Waals surface area contributed by atoms with E-state index in [0.29, 0.717) is 25.7 Å². The Kier molecular flexibility index (Phi) is 8.03. The summed E-state index contributed by atoms with van der Waals surface area (Å²) in [5.74, 6) is 1.60. The quantitative estimate of drug-likeness (QED) is 0.516. The summed E-state index contributed by atoms with van der Waals surface area (Å²) < 4.78 is 32.5. The van der Waals surface area contributed by atoms with E-state index in [2.05, 4.69) is 27.5 Å². The molecule has 0 saturated heterocycles. The van der Waals surface area contributed by atoms with Gasteiger partial charge < -0.3 is 15.4 Å². The fourth-order valence-electron chi connectivity index (χ4n) is 2.47. The molecule has 148 valence electrons. The molecule has 0 saturated carbocycles. The van der Waals surface area contributed by atoms with Crippen LogP contribution in [0.4, 0.5) is 8.78 Å². The second-order valence-corrected chi connectivity index (χ2v) is 6.04. The highest BCUT2D eigenvalue weighted by atomic mass is 19.3. The SMILES string of the molecule is CCCOc1cc(C)ccc1CN=C(NCC)NCc1nccn1C(F)F. The van der Waals surface area contributed by atoms with Gasteiger partial charge in [0.15, 0.2) is 5.96 Å². The summed E-state index contributed by atoms with van der Waals surface area (Å²) in [6.07, 6.45) is 3.55. The Labute approximate surface area is 158 Å². The molecule has 0 aliphatic heterocycles. The van der Waals surface area contributed by atoms with E-state index in [1.165, 1.54) is 12.4 Å². The topological polar surface area (TPSA) is 63.5 Å². The first-order valence-electron chi connectivity index (χ1n) is 9.09. The van der Waals surface area contributed by atoms with Gasteiger partial charge in [-0.15, -0.1) is 0 Å². The molecule has 0 radical (unpaired) electrons. The largest absolute Gasteiger partial charge is 0.493 e. The number of halogens is 2. The zero-order valence-corrected chi connectivity index (χ0v) is 16.0. The van der Waals surface area contributed by atoms with Gasteiger partial charge in [-0.3, -0.25) is 4.57 Å². The zero-order chi connectivity index (χ0) is 19.6. The van der Waals surface area contributed by atoms with Gasteiger partial charge in [0, 0.05) is 24.5 Å². The number of nitrogens with one attached hydrogen (secondary N) is 2. The first kappa shape index (κ1) is 20.7. The van der Waals surface area contributed by atoms with Crippen LogP contribution < -0.4 is 15.4 Å². The van der Waals surface area contributed by atoms with E-state index >= 15 is 0 Å². The Morgan fingerprint density at radius 3 is 2.81 bits per heavy atom. The summed E-state index contributed by atoms with van der Waals surface area (Å²) >= 11 is 0. The van der Waals surface area contributed by atoms with Gasteiger partial charge in [-0.1, -0.05) is 19.1 Å². The number of aryl methyl sites for hydroxylation is 1. The van der Waals surface area contributed by atoms with Crippen LogP contribution in [0.15, 0.2) is 35.6 Å². The Bertz CT molecular complexity index is 745. The summed E-state index contributed by atoms with van der Waals surface area (Å²) in [4.78, 5) is 8.51. The van der Waals surface area contributed by atoms with Gasteiger partial charge in [0.25, 0.3) is 0 Å². The number of imidazole rings is 1. The summed E-state index contributed by atoms with van der Waals surface area (Å²) in [5.41, 5.74) is 2.10. The second-order valence-electron chi connectivity index (χ2n) is 6.04. The van der Waals surface area contributed by atoms with Crippen molar-refractivity contribution >= 4 is 5.96 Å². The van der Waals surface area contributed by atoms with Crippen LogP contribution in [-0.4, -0.2) is 28.7 Å². The van der Waals surface area contributed by atoms with E-state index < -0.39 is 6.55 Å². The molecule has 0 spiro atoms. The average molecular weight is 379 g/mol. The van der Waals surface area contributed by atoms with Crippen molar-refractivity contribution in [2.75, 3.05) is 13.2 Å². The van der Waals surface area contributed by atoms with E-state index in [4.69, 9.17) is 4.74 Å². The highest BCUT2D eigenvalue weighted by Gasteiger charge is 2.11. The van der Waals surface area contributed by atoms with Crippen LogP contribution in [0.3, 0.4) is 0 Å². The summed E-state index contributed by atoms with van der Waals surface area (Å²) in [5, 5.41) is 6.16. The molecule has 0 bridgehead atoms. The van der Waals surface area contributed by atoms with E-state index in [9.17, 15) is 8.78 Å². The van der Waals surface area contributed by atoms with Crippen LogP contribution in [-0.2, 0) is 13.1 Å². The van der Waals surface area contributed by atoms with Crippen molar-refractivity contribution in [2.45, 2.75) is 46.8 Å². The average Bonchev–Trinajstić information content (AvgIpc) is 3.12. The van der Waals surface area contributed by atoms with Gasteiger partial charge >= 0.3 is 6.55 Å². The fraction of sp³-hybridized carbons (Fsp3) is 0.474. The summed E-state index contributed by atoms with van der Waals surface area (Å²) in [7, 11) is 0. The number of alkyl halides is 2. The van der Waals surface area contributed by atoms with Crippen LogP contribution >= 0.6 is 0 Å². The molecule has 2 aromatic rings. The first-order valence-corrected chi connectivity index (χ1v) is 9.09. The molecule has 0 aliphatic rings. The van der Waals surface area contributed by atoms with Crippen molar-refractivity contribution in [3.63, 3.8) is 0 Å². The van der Waals surface area contributed by atoms with Gasteiger partial charge in [-0.05, 0) is 31.9 Å². The van der Waals surface area contributed by atoms with Crippen molar-refractivity contribution in [1.29, 1.82) is 0 Å². The van der Waals surface area contributed by atoms with Gasteiger partial charge in [0.2, 0.25) is 0 Å². The van der Waals surface area contributed by atoms with Gasteiger partial charge in [-0.25, -0.2) is 9.98 Å². The number of nitrogens with zero attached hydrogens (tertiary/aromatic N) is 3. The molecule has 0 amide bonds. The molecule has 0 fully saturated rings. The maximum Gasteiger partial charge on any atom is 0.319 e. The maximum absolute atomic E-state index is 12.9. The predicted molar refractivity (Wildman–Crippen MR) is 102 cm³/mol. The normalized spacial score (nSPS) is 11.7. The Morgan fingerprint density at radius 2 is 2.11 bits per heavy atom. The van der Waals surface area contributed by atoms with Crippen molar-refractivity contribution in [1.82, 2.24) is 20.2 Å². The molecular weight excluding hydrogens is 352 g/mol. The lowest BCUT2D eigenvalue weighted by atomic mass is 10.1. The highest BCUT2D eigenvalue weighted by Crippen LogP contribution is 2.21. The van der Waals surface area contributed by atoms with Crippen LogP contribution in [0.2, 0.25) is 0 Å². The van der Waals surface area contributed by atoms with E-state index in [-0.39, 0.29) is 12.4 Å². The molecule has 27 heavy (non-hydrogen) atoms. The summed E-state index contributed by atoms with van der Waals surface area (Å²) in [6, 6.07) is 6.01.